The Hall–Kier alpha value is -2.28. The molecule has 202 valence electrons. The summed E-state index contributed by atoms with van der Waals surface area (Å²) in [5.41, 5.74) is 0.324. The van der Waals surface area contributed by atoms with E-state index < -0.39 is 17.7 Å². The van der Waals surface area contributed by atoms with E-state index >= 15 is 0 Å². The van der Waals surface area contributed by atoms with Gasteiger partial charge in [0.15, 0.2) is 0 Å². The van der Waals surface area contributed by atoms with Gasteiger partial charge in [-0.2, -0.15) is 13.2 Å². The number of piperidine rings is 1. The Morgan fingerprint density at radius 1 is 1.03 bits per heavy atom. The maximum Gasteiger partial charge on any atom is 0.420 e. The highest BCUT2D eigenvalue weighted by molar-refractivity contribution is 5.89. The van der Waals surface area contributed by atoms with Crippen molar-refractivity contribution in [3.8, 4) is 5.75 Å². The summed E-state index contributed by atoms with van der Waals surface area (Å²) >= 11 is 0. The van der Waals surface area contributed by atoms with Crippen LogP contribution in [0.1, 0.15) is 95.2 Å². The van der Waals surface area contributed by atoms with Crippen LogP contribution in [0.2, 0.25) is 0 Å². The molecule has 3 aliphatic rings. The molecule has 2 bridgehead atoms. The fraction of sp³-hybridized carbons (Fsp3) is 0.633. The zero-order valence-electron chi connectivity index (χ0n) is 21.8. The number of aliphatic carboxylic acids is 1. The second-order valence-corrected chi connectivity index (χ2v) is 11.3. The number of carbonyl (C=O) groups is 1. The maximum absolute atomic E-state index is 14.3. The number of ether oxygens (including phenoxy) is 1. The van der Waals surface area contributed by atoms with E-state index in [1.165, 1.54) is 6.07 Å². The van der Waals surface area contributed by atoms with E-state index in [1.54, 1.807) is 12.1 Å². The van der Waals surface area contributed by atoms with Crippen LogP contribution < -0.4 is 4.74 Å². The molecule has 2 aromatic carbocycles. The third-order valence-electron chi connectivity index (χ3n) is 9.22. The Morgan fingerprint density at radius 3 is 2.27 bits per heavy atom. The number of nitrogens with zero attached hydrogens (tertiary/aromatic N) is 1. The van der Waals surface area contributed by atoms with Crippen molar-refractivity contribution < 1.29 is 27.8 Å². The number of fused-ring (bicyclic) bond motifs is 3. The molecule has 0 radical (unpaired) electrons. The zero-order chi connectivity index (χ0) is 26.3. The molecule has 2 saturated heterocycles. The first-order valence-corrected chi connectivity index (χ1v) is 14.0. The molecule has 7 heteroatoms. The van der Waals surface area contributed by atoms with Crippen molar-refractivity contribution in [1.29, 1.82) is 0 Å². The van der Waals surface area contributed by atoms with Crippen molar-refractivity contribution >= 4 is 16.7 Å². The highest BCUT2D eigenvalue weighted by Crippen LogP contribution is 2.47. The zero-order valence-corrected chi connectivity index (χ0v) is 21.8. The lowest BCUT2D eigenvalue weighted by atomic mass is 9.86. The summed E-state index contributed by atoms with van der Waals surface area (Å²) in [5.74, 6) is -0.429. The van der Waals surface area contributed by atoms with Gasteiger partial charge in [0.2, 0.25) is 0 Å². The fourth-order valence-electron chi connectivity index (χ4n) is 7.31. The molecule has 2 heterocycles. The minimum absolute atomic E-state index is 0.0615. The molecular formula is C30H38F3NO3. The van der Waals surface area contributed by atoms with Gasteiger partial charge in [-0.05, 0) is 92.2 Å². The van der Waals surface area contributed by atoms with E-state index in [-0.39, 0.29) is 41.3 Å². The number of alkyl halides is 3. The van der Waals surface area contributed by atoms with Crippen LogP contribution in [0, 0.1) is 11.8 Å². The monoisotopic (exact) mass is 517 g/mol. The topological polar surface area (TPSA) is 49.8 Å². The van der Waals surface area contributed by atoms with E-state index in [2.05, 4.69) is 18.7 Å². The van der Waals surface area contributed by atoms with Crippen molar-refractivity contribution in [3.05, 3.63) is 41.5 Å². The van der Waals surface area contributed by atoms with Crippen molar-refractivity contribution in [2.45, 2.75) is 108 Å². The average molecular weight is 518 g/mol. The predicted octanol–water partition coefficient (Wildman–Crippen LogP) is 7.98. The number of rotatable bonds is 7. The molecule has 37 heavy (non-hydrogen) atoms. The summed E-state index contributed by atoms with van der Waals surface area (Å²) in [6.07, 6.45) is 4.11. The molecule has 2 aliphatic heterocycles. The van der Waals surface area contributed by atoms with Gasteiger partial charge in [-0.25, -0.2) is 0 Å². The first-order chi connectivity index (χ1) is 17.7. The molecule has 1 aliphatic carbocycles. The first kappa shape index (κ1) is 26.3. The Balaban J connectivity index is 1.43. The summed E-state index contributed by atoms with van der Waals surface area (Å²) in [6, 6.07) is 9.11. The van der Waals surface area contributed by atoms with Crippen molar-refractivity contribution in [1.82, 2.24) is 4.90 Å². The van der Waals surface area contributed by atoms with E-state index in [9.17, 15) is 23.1 Å². The van der Waals surface area contributed by atoms with Gasteiger partial charge < -0.3 is 9.84 Å². The van der Waals surface area contributed by atoms with E-state index in [0.29, 0.717) is 24.1 Å². The van der Waals surface area contributed by atoms with Crippen LogP contribution in [0.15, 0.2) is 30.3 Å². The number of halogens is 3. The number of hydrogen-bond acceptors (Lipinski definition) is 3. The molecule has 4 nitrogen and oxygen atoms in total. The van der Waals surface area contributed by atoms with Gasteiger partial charge in [-0.15, -0.1) is 0 Å². The lowest BCUT2D eigenvalue weighted by Crippen LogP contribution is -2.46. The molecule has 5 rings (SSSR count). The summed E-state index contributed by atoms with van der Waals surface area (Å²) < 4.78 is 49.0. The molecule has 3 atom stereocenters. The summed E-state index contributed by atoms with van der Waals surface area (Å²) in [6.45, 7) is 4.26. The van der Waals surface area contributed by atoms with Crippen LogP contribution in [0.25, 0.3) is 10.8 Å². The van der Waals surface area contributed by atoms with Gasteiger partial charge in [-0.3, -0.25) is 9.69 Å². The Labute approximate surface area is 217 Å². The Bertz CT molecular complexity index is 1110. The summed E-state index contributed by atoms with van der Waals surface area (Å²) in [5, 5.41) is 10.3. The molecule has 1 saturated carbocycles. The van der Waals surface area contributed by atoms with Crippen LogP contribution in [0.4, 0.5) is 13.2 Å². The predicted molar refractivity (Wildman–Crippen MR) is 138 cm³/mol. The average Bonchev–Trinajstić information content (AvgIpc) is 3.11. The van der Waals surface area contributed by atoms with Crippen LogP contribution in [-0.2, 0) is 11.0 Å². The molecule has 2 aromatic rings. The summed E-state index contributed by atoms with van der Waals surface area (Å²) in [7, 11) is 0. The van der Waals surface area contributed by atoms with Crippen molar-refractivity contribution in [2.24, 2.45) is 11.8 Å². The van der Waals surface area contributed by atoms with E-state index in [1.807, 2.05) is 12.1 Å². The normalized spacial score (nSPS) is 29.4. The SMILES string of the molecule is CC[C@@H](c1ccc2c(C(F)(F)F)c(O[C@H]3CC[C@@H](CC)CC3)ccc2c1)N1C2CCC1CC(C(=O)O)C2. The summed E-state index contributed by atoms with van der Waals surface area (Å²) in [4.78, 5) is 14.1. The van der Waals surface area contributed by atoms with Crippen molar-refractivity contribution in [3.63, 3.8) is 0 Å². The third kappa shape index (κ3) is 5.21. The number of carboxylic acids is 1. The minimum atomic E-state index is -4.51. The highest BCUT2D eigenvalue weighted by Gasteiger charge is 2.46. The van der Waals surface area contributed by atoms with Gasteiger partial charge >= 0.3 is 12.1 Å². The van der Waals surface area contributed by atoms with Crippen LogP contribution in [0.5, 0.6) is 5.75 Å². The number of carboxylic acid groups (broad SMARTS) is 1. The van der Waals surface area contributed by atoms with Gasteiger partial charge in [0.25, 0.3) is 0 Å². The fourth-order valence-corrected chi connectivity index (χ4v) is 7.31. The van der Waals surface area contributed by atoms with Crippen LogP contribution in [-0.4, -0.2) is 34.2 Å². The molecule has 0 spiro atoms. The van der Waals surface area contributed by atoms with Crippen molar-refractivity contribution in [2.75, 3.05) is 0 Å². The second-order valence-electron chi connectivity index (χ2n) is 11.3. The maximum atomic E-state index is 14.3. The van der Waals surface area contributed by atoms with Gasteiger partial charge in [0.05, 0.1) is 12.0 Å². The van der Waals surface area contributed by atoms with Crippen LogP contribution >= 0.6 is 0 Å². The highest BCUT2D eigenvalue weighted by atomic mass is 19.4. The quantitative estimate of drug-likeness (QED) is 0.404. The van der Waals surface area contributed by atoms with E-state index in [4.69, 9.17) is 4.74 Å². The van der Waals surface area contributed by atoms with Gasteiger partial charge in [0, 0.05) is 18.1 Å². The molecule has 3 fully saturated rings. The molecular weight excluding hydrogens is 479 g/mol. The molecule has 2 unspecified atom stereocenters. The van der Waals surface area contributed by atoms with Crippen LogP contribution in [0.3, 0.4) is 0 Å². The Kier molecular flexibility index (Phi) is 7.45. The number of benzene rings is 2. The Morgan fingerprint density at radius 2 is 1.70 bits per heavy atom. The largest absolute Gasteiger partial charge is 0.490 e. The molecule has 0 aromatic heterocycles. The standard InChI is InChI=1S/C30H38F3NO3/c1-3-18-5-11-24(12-6-18)37-27-14-8-19-15-20(7-13-25(19)28(27)30(31,32)33)26(4-2)34-22-9-10-23(34)17-21(16-22)29(35)36/h7-8,13-15,18,21-24,26H,3-6,9-12,16-17H2,1-2H3,(H,35,36)/t18-,21?,22?,23?,24+,26-/m0/s1. The molecule has 0 amide bonds. The first-order valence-electron chi connectivity index (χ1n) is 14.0. The second kappa shape index (κ2) is 10.5. The van der Waals surface area contributed by atoms with Gasteiger partial charge in [0.1, 0.15) is 11.3 Å². The third-order valence-corrected chi connectivity index (χ3v) is 9.22. The lowest BCUT2D eigenvalue weighted by Gasteiger charge is -2.42. The smallest absolute Gasteiger partial charge is 0.420 e. The minimum Gasteiger partial charge on any atom is -0.490 e. The lowest BCUT2D eigenvalue weighted by molar-refractivity contribution is -0.145. The number of hydrogen-bond donors (Lipinski definition) is 1. The van der Waals surface area contributed by atoms with E-state index in [0.717, 1.165) is 56.9 Å². The van der Waals surface area contributed by atoms with Gasteiger partial charge in [-0.1, -0.05) is 38.5 Å². The molecule has 1 N–H and O–H groups in total.